The highest BCUT2D eigenvalue weighted by Gasteiger charge is 2.19. The highest BCUT2D eigenvalue weighted by atomic mass is 32.2. The zero-order chi connectivity index (χ0) is 23.4. The Bertz CT molecular complexity index is 1440. The van der Waals surface area contributed by atoms with Crippen molar-refractivity contribution in [3.8, 4) is 16.9 Å². The van der Waals surface area contributed by atoms with E-state index in [4.69, 9.17) is 5.14 Å². The van der Waals surface area contributed by atoms with Gasteiger partial charge in [0.1, 0.15) is 0 Å². The molecule has 0 fully saturated rings. The van der Waals surface area contributed by atoms with E-state index < -0.39 is 10.0 Å². The lowest BCUT2D eigenvalue weighted by Gasteiger charge is -2.04. The first kappa shape index (κ1) is 22.4. The summed E-state index contributed by atoms with van der Waals surface area (Å²) in [7, 11) is -3.71. The standard InChI is InChI=1S/C25H24N4O3S/c1-18(27-17-16-19-12-14-22(15-13-19)33(26,31)32)23-24(20-8-4-2-5-9-20)28-29(25(23)30)21-10-6-3-7-11-21/h2-15,28H,16-17H2,1H3,(H2,26,31,32). The number of nitrogens with two attached hydrogens (primary N) is 1. The van der Waals surface area contributed by atoms with E-state index in [1.807, 2.05) is 67.6 Å². The molecule has 0 atom stereocenters. The minimum Gasteiger partial charge on any atom is -0.290 e. The van der Waals surface area contributed by atoms with Crippen molar-refractivity contribution in [2.45, 2.75) is 18.2 Å². The fourth-order valence-corrected chi connectivity index (χ4v) is 4.14. The van der Waals surface area contributed by atoms with Gasteiger partial charge in [-0.15, -0.1) is 0 Å². The third-order valence-electron chi connectivity index (χ3n) is 5.33. The Morgan fingerprint density at radius 2 is 1.55 bits per heavy atom. The molecule has 0 aliphatic rings. The fourth-order valence-electron chi connectivity index (χ4n) is 3.62. The first-order valence-corrected chi connectivity index (χ1v) is 12.0. The van der Waals surface area contributed by atoms with Crippen LogP contribution in [-0.2, 0) is 16.4 Å². The molecule has 0 saturated heterocycles. The minimum absolute atomic E-state index is 0.0761. The molecule has 0 radical (unpaired) electrons. The normalized spacial score (nSPS) is 12.1. The monoisotopic (exact) mass is 460 g/mol. The van der Waals surface area contributed by atoms with Gasteiger partial charge in [0.25, 0.3) is 5.56 Å². The molecule has 168 valence electrons. The number of benzene rings is 3. The summed E-state index contributed by atoms with van der Waals surface area (Å²) in [5, 5.41) is 8.39. The number of nitrogens with one attached hydrogen (secondary N) is 1. The number of rotatable bonds is 7. The Kier molecular flexibility index (Phi) is 6.39. The van der Waals surface area contributed by atoms with Crippen molar-refractivity contribution in [3.05, 3.63) is 106 Å². The summed E-state index contributed by atoms with van der Waals surface area (Å²) in [6.07, 6.45) is 0.597. The van der Waals surface area contributed by atoms with Crippen molar-refractivity contribution in [2.75, 3.05) is 6.54 Å². The average molecular weight is 461 g/mol. The Labute approximate surface area is 192 Å². The van der Waals surface area contributed by atoms with Gasteiger partial charge in [-0.1, -0.05) is 60.7 Å². The molecule has 0 spiro atoms. The van der Waals surface area contributed by atoms with E-state index in [0.29, 0.717) is 29.9 Å². The van der Waals surface area contributed by atoms with Gasteiger partial charge in [0.05, 0.1) is 21.8 Å². The largest absolute Gasteiger partial charge is 0.290 e. The number of primary sulfonamides is 1. The summed E-state index contributed by atoms with van der Waals surface area (Å²) in [6, 6.07) is 25.5. The molecule has 0 unspecified atom stereocenters. The van der Waals surface area contributed by atoms with Gasteiger partial charge in [-0.3, -0.25) is 14.9 Å². The van der Waals surface area contributed by atoms with Crippen LogP contribution in [0.3, 0.4) is 0 Å². The summed E-state index contributed by atoms with van der Waals surface area (Å²) in [6.45, 7) is 2.28. The maximum atomic E-state index is 13.4. The number of nitrogens with zero attached hydrogens (tertiary/aromatic N) is 2. The Morgan fingerprint density at radius 3 is 2.15 bits per heavy atom. The van der Waals surface area contributed by atoms with E-state index in [1.54, 1.807) is 12.1 Å². The van der Waals surface area contributed by atoms with Crippen LogP contribution in [0.25, 0.3) is 16.9 Å². The molecule has 0 saturated carbocycles. The predicted octanol–water partition coefficient (Wildman–Crippen LogP) is 3.53. The van der Waals surface area contributed by atoms with Crippen molar-refractivity contribution in [3.63, 3.8) is 0 Å². The molecular formula is C25H24N4O3S. The topological polar surface area (TPSA) is 110 Å². The molecule has 8 heteroatoms. The van der Waals surface area contributed by atoms with E-state index in [2.05, 4.69) is 10.1 Å². The molecular weight excluding hydrogens is 436 g/mol. The number of aromatic amines is 1. The van der Waals surface area contributed by atoms with Crippen LogP contribution in [0.1, 0.15) is 18.1 Å². The second-order valence-corrected chi connectivity index (χ2v) is 9.17. The molecule has 0 aliphatic carbocycles. The molecule has 0 amide bonds. The van der Waals surface area contributed by atoms with Crippen molar-refractivity contribution in [1.82, 2.24) is 9.78 Å². The van der Waals surface area contributed by atoms with Crippen LogP contribution in [0.5, 0.6) is 0 Å². The zero-order valence-corrected chi connectivity index (χ0v) is 18.9. The first-order chi connectivity index (χ1) is 15.8. The van der Waals surface area contributed by atoms with Gasteiger partial charge >= 0.3 is 0 Å². The third-order valence-corrected chi connectivity index (χ3v) is 6.26. The van der Waals surface area contributed by atoms with Crippen LogP contribution < -0.4 is 10.7 Å². The maximum Gasteiger partial charge on any atom is 0.280 e. The highest BCUT2D eigenvalue weighted by molar-refractivity contribution is 7.89. The van der Waals surface area contributed by atoms with Gasteiger partial charge in [-0.05, 0) is 43.2 Å². The molecule has 1 aromatic heterocycles. The molecule has 3 N–H and O–H groups in total. The Hall–Kier alpha value is -3.75. The van der Waals surface area contributed by atoms with Gasteiger partial charge in [-0.2, -0.15) is 0 Å². The third kappa shape index (κ3) is 5.02. The smallest absolute Gasteiger partial charge is 0.280 e. The van der Waals surface area contributed by atoms with E-state index >= 15 is 0 Å². The lowest BCUT2D eigenvalue weighted by Crippen LogP contribution is -2.19. The second kappa shape index (κ2) is 9.40. The summed E-state index contributed by atoms with van der Waals surface area (Å²) in [5.74, 6) is 0. The van der Waals surface area contributed by atoms with E-state index in [0.717, 1.165) is 16.8 Å². The summed E-state index contributed by atoms with van der Waals surface area (Å²) >= 11 is 0. The van der Waals surface area contributed by atoms with Crippen molar-refractivity contribution >= 4 is 15.7 Å². The number of sulfonamides is 1. The molecule has 1 heterocycles. The Balaban J connectivity index is 1.65. The van der Waals surface area contributed by atoms with Crippen LogP contribution in [0, 0.1) is 0 Å². The molecule has 0 aliphatic heterocycles. The number of aliphatic imine (C=N–C) groups is 1. The summed E-state index contributed by atoms with van der Waals surface area (Å²) in [4.78, 5) is 18.1. The van der Waals surface area contributed by atoms with Crippen molar-refractivity contribution in [2.24, 2.45) is 10.1 Å². The zero-order valence-electron chi connectivity index (χ0n) is 18.1. The lowest BCUT2D eigenvalue weighted by atomic mass is 10.1. The van der Waals surface area contributed by atoms with Crippen LogP contribution in [-0.4, -0.2) is 30.5 Å². The van der Waals surface area contributed by atoms with E-state index in [1.165, 1.54) is 16.8 Å². The molecule has 7 nitrogen and oxygen atoms in total. The van der Waals surface area contributed by atoms with Gasteiger partial charge in [0.2, 0.25) is 10.0 Å². The van der Waals surface area contributed by atoms with Gasteiger partial charge in [-0.25, -0.2) is 18.2 Å². The van der Waals surface area contributed by atoms with Crippen LogP contribution >= 0.6 is 0 Å². The second-order valence-electron chi connectivity index (χ2n) is 7.61. The van der Waals surface area contributed by atoms with Crippen LogP contribution in [0.2, 0.25) is 0 Å². The van der Waals surface area contributed by atoms with Crippen LogP contribution in [0.15, 0.2) is 99.6 Å². The predicted molar refractivity (Wildman–Crippen MR) is 130 cm³/mol. The number of hydrogen-bond donors (Lipinski definition) is 2. The van der Waals surface area contributed by atoms with Gasteiger partial charge in [0, 0.05) is 17.8 Å². The van der Waals surface area contributed by atoms with Crippen molar-refractivity contribution < 1.29 is 8.42 Å². The molecule has 3 aromatic carbocycles. The first-order valence-electron chi connectivity index (χ1n) is 10.4. The Morgan fingerprint density at radius 1 is 0.939 bits per heavy atom. The molecule has 33 heavy (non-hydrogen) atoms. The fraction of sp³-hybridized carbons (Fsp3) is 0.120. The van der Waals surface area contributed by atoms with E-state index in [9.17, 15) is 13.2 Å². The SMILES string of the molecule is CC(=NCCc1ccc(S(N)(=O)=O)cc1)c1c(-c2ccccc2)[nH]n(-c2ccccc2)c1=O. The summed E-state index contributed by atoms with van der Waals surface area (Å²) < 4.78 is 24.4. The number of aromatic nitrogens is 2. The van der Waals surface area contributed by atoms with Crippen LogP contribution in [0.4, 0.5) is 0 Å². The molecule has 0 bridgehead atoms. The quantitative estimate of drug-likeness (QED) is 0.412. The van der Waals surface area contributed by atoms with Crippen molar-refractivity contribution in [1.29, 1.82) is 0 Å². The number of H-pyrrole nitrogens is 1. The minimum atomic E-state index is -3.71. The van der Waals surface area contributed by atoms with Gasteiger partial charge < -0.3 is 0 Å². The molecule has 4 aromatic rings. The summed E-state index contributed by atoms with van der Waals surface area (Å²) in [5.41, 5.74) is 4.27. The number of hydrogen-bond acceptors (Lipinski definition) is 4. The highest BCUT2D eigenvalue weighted by Crippen LogP contribution is 2.21. The average Bonchev–Trinajstić information content (AvgIpc) is 3.17. The van der Waals surface area contributed by atoms with E-state index in [-0.39, 0.29) is 10.5 Å². The lowest BCUT2D eigenvalue weighted by molar-refractivity contribution is 0.598. The molecule has 4 rings (SSSR count). The van der Waals surface area contributed by atoms with Gasteiger partial charge in [0.15, 0.2) is 0 Å². The number of para-hydroxylation sites is 1. The maximum absolute atomic E-state index is 13.4.